The number of hydrogen-bond acceptors (Lipinski definition) is 1. The number of hydrogen-bond donors (Lipinski definition) is 1. The molecule has 1 nitrogen and oxygen atoms in total. The van der Waals surface area contributed by atoms with Crippen LogP contribution in [0.1, 0.15) is 25.8 Å². The Morgan fingerprint density at radius 2 is 1.86 bits per heavy atom. The van der Waals surface area contributed by atoms with Crippen molar-refractivity contribution in [3.8, 4) is 0 Å². The van der Waals surface area contributed by atoms with Crippen LogP contribution in [-0.4, -0.2) is 6.04 Å². The molecule has 78 valence electrons. The molecule has 1 aromatic carbocycles. The molecule has 0 aliphatic heterocycles. The Labute approximate surface area is 85.1 Å². The largest absolute Gasteiger partial charge is 0.328 e. The summed E-state index contributed by atoms with van der Waals surface area (Å²) >= 11 is 0. The first-order chi connectivity index (χ1) is 6.63. The summed E-state index contributed by atoms with van der Waals surface area (Å²) in [4.78, 5) is 0. The maximum Gasteiger partial charge on any atom is 0.123 e. The third-order valence-electron chi connectivity index (χ3n) is 2.68. The summed E-state index contributed by atoms with van der Waals surface area (Å²) in [5.74, 6) is 0.308. The lowest BCUT2D eigenvalue weighted by Gasteiger charge is -2.18. The summed E-state index contributed by atoms with van der Waals surface area (Å²) in [6.07, 6.45) is 2.00. The summed E-state index contributed by atoms with van der Waals surface area (Å²) < 4.78 is 12.6. The van der Waals surface area contributed by atoms with E-state index in [4.69, 9.17) is 5.73 Å². The van der Waals surface area contributed by atoms with Crippen LogP contribution >= 0.6 is 0 Å². The third-order valence-corrected chi connectivity index (χ3v) is 2.68. The number of halogens is 1. The van der Waals surface area contributed by atoms with Gasteiger partial charge in [0.1, 0.15) is 5.82 Å². The minimum Gasteiger partial charge on any atom is -0.328 e. The van der Waals surface area contributed by atoms with E-state index in [1.54, 1.807) is 0 Å². The zero-order valence-corrected chi connectivity index (χ0v) is 8.83. The third kappa shape index (κ3) is 3.11. The molecule has 0 aliphatic carbocycles. The van der Waals surface area contributed by atoms with Gasteiger partial charge in [0.05, 0.1) is 0 Å². The van der Waals surface area contributed by atoms with Gasteiger partial charge in [0.25, 0.3) is 0 Å². The maximum atomic E-state index is 12.6. The minimum atomic E-state index is -0.178. The van der Waals surface area contributed by atoms with E-state index in [1.165, 1.54) is 12.1 Å². The van der Waals surface area contributed by atoms with Crippen LogP contribution in [0.4, 0.5) is 4.39 Å². The number of nitrogens with two attached hydrogens (primary N) is 1. The van der Waals surface area contributed by atoms with Crippen LogP contribution in [0, 0.1) is 11.7 Å². The highest BCUT2D eigenvalue weighted by Crippen LogP contribution is 2.15. The second kappa shape index (κ2) is 5.11. The molecule has 0 fully saturated rings. The topological polar surface area (TPSA) is 26.0 Å². The molecule has 2 unspecified atom stereocenters. The van der Waals surface area contributed by atoms with E-state index < -0.39 is 0 Å². The van der Waals surface area contributed by atoms with E-state index in [9.17, 15) is 4.39 Å². The average Bonchev–Trinajstić information content (AvgIpc) is 2.16. The van der Waals surface area contributed by atoms with Crippen molar-refractivity contribution in [2.24, 2.45) is 11.7 Å². The molecule has 0 bridgehead atoms. The van der Waals surface area contributed by atoms with Gasteiger partial charge in [-0.3, -0.25) is 0 Å². The molecule has 0 saturated carbocycles. The molecule has 2 N–H and O–H groups in total. The Balaban J connectivity index is 2.63. The van der Waals surface area contributed by atoms with Crippen molar-refractivity contribution >= 4 is 0 Å². The van der Waals surface area contributed by atoms with Gasteiger partial charge in [-0.05, 0) is 37.0 Å². The molecule has 0 saturated heterocycles. The standard InChI is InChI=1S/C12H18FN/c1-3-11(9(2)14)8-10-4-6-12(13)7-5-10/h4-7,9,11H,3,8,14H2,1-2H3. The van der Waals surface area contributed by atoms with Gasteiger partial charge < -0.3 is 5.73 Å². The first-order valence-corrected chi connectivity index (χ1v) is 5.13. The molecule has 1 aromatic rings. The lowest BCUT2D eigenvalue weighted by molar-refractivity contribution is 0.427. The van der Waals surface area contributed by atoms with Crippen LogP contribution in [-0.2, 0) is 6.42 Å². The van der Waals surface area contributed by atoms with E-state index in [-0.39, 0.29) is 11.9 Å². The van der Waals surface area contributed by atoms with E-state index in [2.05, 4.69) is 6.92 Å². The number of benzene rings is 1. The normalized spacial score (nSPS) is 15.1. The fourth-order valence-electron chi connectivity index (χ4n) is 1.63. The van der Waals surface area contributed by atoms with Crippen LogP contribution in [0.25, 0.3) is 0 Å². The van der Waals surface area contributed by atoms with Gasteiger partial charge in [-0.15, -0.1) is 0 Å². The van der Waals surface area contributed by atoms with Gasteiger partial charge in [-0.1, -0.05) is 25.5 Å². The molecule has 0 spiro atoms. The maximum absolute atomic E-state index is 12.6. The minimum absolute atomic E-state index is 0.178. The predicted molar refractivity (Wildman–Crippen MR) is 57.5 cm³/mol. The second-order valence-electron chi connectivity index (χ2n) is 3.86. The molecule has 1 rings (SSSR count). The van der Waals surface area contributed by atoms with Crippen molar-refractivity contribution in [1.29, 1.82) is 0 Å². The first-order valence-electron chi connectivity index (χ1n) is 5.13. The van der Waals surface area contributed by atoms with Crippen molar-refractivity contribution < 1.29 is 4.39 Å². The quantitative estimate of drug-likeness (QED) is 0.785. The number of rotatable bonds is 4. The van der Waals surface area contributed by atoms with Crippen LogP contribution in [0.5, 0.6) is 0 Å². The molecule has 0 heterocycles. The van der Waals surface area contributed by atoms with Crippen LogP contribution in [0.3, 0.4) is 0 Å². The van der Waals surface area contributed by atoms with Gasteiger partial charge in [-0.2, -0.15) is 0 Å². The van der Waals surface area contributed by atoms with Gasteiger partial charge in [0, 0.05) is 6.04 Å². The fourth-order valence-corrected chi connectivity index (χ4v) is 1.63. The molecule has 0 aromatic heterocycles. The van der Waals surface area contributed by atoms with Crippen molar-refractivity contribution in [3.63, 3.8) is 0 Å². The van der Waals surface area contributed by atoms with Crippen molar-refractivity contribution in [3.05, 3.63) is 35.6 Å². The SMILES string of the molecule is CCC(Cc1ccc(F)cc1)C(C)N. The molecule has 0 radical (unpaired) electrons. The van der Waals surface area contributed by atoms with Crippen molar-refractivity contribution in [2.75, 3.05) is 0 Å². The average molecular weight is 195 g/mol. The van der Waals surface area contributed by atoms with Gasteiger partial charge in [-0.25, -0.2) is 4.39 Å². The fraction of sp³-hybridized carbons (Fsp3) is 0.500. The summed E-state index contributed by atoms with van der Waals surface area (Å²) in [7, 11) is 0. The summed E-state index contributed by atoms with van der Waals surface area (Å²) in [6.45, 7) is 4.16. The first kappa shape index (κ1) is 11.2. The highest BCUT2D eigenvalue weighted by molar-refractivity contribution is 5.16. The van der Waals surface area contributed by atoms with E-state index in [0.717, 1.165) is 18.4 Å². The van der Waals surface area contributed by atoms with Gasteiger partial charge >= 0.3 is 0 Å². The van der Waals surface area contributed by atoms with Crippen LogP contribution in [0.2, 0.25) is 0 Å². The summed E-state index contributed by atoms with van der Waals surface area (Å²) in [6, 6.07) is 6.87. The van der Waals surface area contributed by atoms with Crippen molar-refractivity contribution in [2.45, 2.75) is 32.7 Å². The van der Waals surface area contributed by atoms with E-state index >= 15 is 0 Å². The zero-order valence-electron chi connectivity index (χ0n) is 8.83. The lowest BCUT2D eigenvalue weighted by atomic mass is 9.91. The second-order valence-corrected chi connectivity index (χ2v) is 3.86. The highest BCUT2D eigenvalue weighted by Gasteiger charge is 2.11. The molecule has 14 heavy (non-hydrogen) atoms. The molecular formula is C12H18FN. The van der Waals surface area contributed by atoms with E-state index in [1.807, 2.05) is 19.1 Å². The lowest BCUT2D eigenvalue weighted by Crippen LogP contribution is -2.27. The molecule has 0 aliphatic rings. The van der Waals surface area contributed by atoms with Crippen molar-refractivity contribution in [1.82, 2.24) is 0 Å². The Morgan fingerprint density at radius 3 is 2.29 bits per heavy atom. The molecular weight excluding hydrogens is 177 g/mol. The molecule has 2 heteroatoms. The Morgan fingerprint density at radius 1 is 1.29 bits per heavy atom. The van der Waals surface area contributed by atoms with Gasteiger partial charge in [0.2, 0.25) is 0 Å². The zero-order chi connectivity index (χ0) is 10.6. The summed E-state index contributed by atoms with van der Waals surface area (Å²) in [5.41, 5.74) is 7.01. The Hall–Kier alpha value is -0.890. The smallest absolute Gasteiger partial charge is 0.123 e. The molecule has 0 amide bonds. The van der Waals surface area contributed by atoms with E-state index in [0.29, 0.717) is 5.92 Å². The Kier molecular flexibility index (Phi) is 4.08. The van der Waals surface area contributed by atoms with Crippen LogP contribution < -0.4 is 5.73 Å². The Bertz CT molecular complexity index is 266. The highest BCUT2D eigenvalue weighted by atomic mass is 19.1. The van der Waals surface area contributed by atoms with Gasteiger partial charge in [0.15, 0.2) is 0 Å². The predicted octanol–water partition coefficient (Wildman–Crippen LogP) is 2.74. The molecule has 2 atom stereocenters. The van der Waals surface area contributed by atoms with Crippen LogP contribution in [0.15, 0.2) is 24.3 Å². The summed E-state index contributed by atoms with van der Waals surface area (Å²) in [5, 5.41) is 0. The monoisotopic (exact) mass is 195 g/mol.